The van der Waals surface area contributed by atoms with Crippen molar-refractivity contribution >= 4 is 17.2 Å². The maximum Gasteiger partial charge on any atom is 0.257 e. The van der Waals surface area contributed by atoms with Gasteiger partial charge in [0.1, 0.15) is 6.10 Å². The smallest absolute Gasteiger partial charge is 0.257 e. The zero-order valence-electron chi connectivity index (χ0n) is 19.2. The number of carbonyl (C=O) groups excluding carboxylic acids is 1. The van der Waals surface area contributed by atoms with Crippen LogP contribution in [0.25, 0.3) is 22.3 Å². The molecule has 172 valence electrons. The van der Waals surface area contributed by atoms with Gasteiger partial charge in [-0.25, -0.2) is 4.98 Å². The number of nitrogens with two attached hydrogens (primary N) is 1. The van der Waals surface area contributed by atoms with Crippen molar-refractivity contribution in [2.24, 2.45) is 5.73 Å². The topological polar surface area (TPSA) is 117 Å². The van der Waals surface area contributed by atoms with Gasteiger partial charge in [0.15, 0.2) is 6.29 Å². The summed E-state index contributed by atoms with van der Waals surface area (Å²) in [5, 5.41) is 11.1. The van der Waals surface area contributed by atoms with Gasteiger partial charge in [-0.05, 0) is 17.7 Å². The number of aliphatic hydroxyl groups is 1. The number of para-hydroxylation sites is 1. The van der Waals surface area contributed by atoms with Crippen LogP contribution in [-0.4, -0.2) is 42.3 Å². The van der Waals surface area contributed by atoms with Crippen LogP contribution < -0.4 is 11.3 Å². The number of aldehydes is 1. The minimum Gasteiger partial charge on any atom is -0.388 e. The Morgan fingerprint density at radius 1 is 1.22 bits per heavy atom. The monoisotopic (exact) mass is 441 g/mol. The van der Waals surface area contributed by atoms with E-state index in [1.54, 1.807) is 24.9 Å². The van der Waals surface area contributed by atoms with Gasteiger partial charge in [-0.1, -0.05) is 32.0 Å². The SMILES string of the molecule is CC.COC.COCc1c(C(O)C=O)cc2n(c1=O)Cc1c-2nc2ccccc2c1CN. The van der Waals surface area contributed by atoms with E-state index in [-0.39, 0.29) is 23.3 Å². The summed E-state index contributed by atoms with van der Waals surface area (Å²) >= 11 is 0. The molecule has 0 spiro atoms. The summed E-state index contributed by atoms with van der Waals surface area (Å²) in [6, 6.07) is 9.35. The van der Waals surface area contributed by atoms with Gasteiger partial charge < -0.3 is 29.7 Å². The van der Waals surface area contributed by atoms with Crippen molar-refractivity contribution in [2.45, 2.75) is 39.6 Å². The third-order valence-corrected chi connectivity index (χ3v) is 5.05. The highest BCUT2D eigenvalue weighted by Gasteiger charge is 2.29. The largest absolute Gasteiger partial charge is 0.388 e. The molecule has 3 aromatic rings. The van der Waals surface area contributed by atoms with E-state index < -0.39 is 6.10 Å². The van der Waals surface area contributed by atoms with E-state index in [1.165, 1.54) is 7.11 Å². The van der Waals surface area contributed by atoms with Crippen LogP contribution in [0.2, 0.25) is 0 Å². The number of fused-ring (bicyclic) bond motifs is 4. The van der Waals surface area contributed by atoms with E-state index >= 15 is 0 Å². The second-order valence-corrected chi connectivity index (χ2v) is 6.92. The molecule has 1 aromatic carbocycles. The Hall–Kier alpha value is -2.91. The van der Waals surface area contributed by atoms with Crippen molar-refractivity contribution < 1.29 is 19.4 Å². The normalized spacial score (nSPS) is 12.1. The lowest BCUT2D eigenvalue weighted by Crippen LogP contribution is -2.26. The number of benzene rings is 1. The third kappa shape index (κ3) is 4.63. The maximum absolute atomic E-state index is 13.1. The van der Waals surface area contributed by atoms with Crippen molar-refractivity contribution in [3.63, 3.8) is 0 Å². The first-order valence-electron chi connectivity index (χ1n) is 10.4. The summed E-state index contributed by atoms with van der Waals surface area (Å²) in [7, 11) is 4.71. The highest BCUT2D eigenvalue weighted by Crippen LogP contribution is 2.36. The minimum absolute atomic E-state index is 0.00877. The molecule has 0 aliphatic carbocycles. The summed E-state index contributed by atoms with van der Waals surface area (Å²) in [6.45, 7) is 4.68. The molecule has 8 nitrogen and oxygen atoms in total. The van der Waals surface area contributed by atoms with E-state index in [9.17, 15) is 14.7 Å². The standard InChI is InChI=1S/C20H19N3O4.C2H6O.C2H6/c1-27-10-15-12(18(25)9-24)6-17-19-14(8-23(17)20(15)26)13(7-21)11-4-2-3-5-16(11)22-19;1-3-2;1-2/h2-6,9,18,25H,7-8,10,21H2,1H3;1-2H3;1-2H3. The summed E-state index contributed by atoms with van der Waals surface area (Å²) in [6.07, 6.45) is -0.993. The minimum atomic E-state index is -1.40. The summed E-state index contributed by atoms with van der Waals surface area (Å²) in [5.74, 6) is 0. The third-order valence-electron chi connectivity index (χ3n) is 5.05. The fourth-order valence-corrected chi connectivity index (χ4v) is 3.78. The van der Waals surface area contributed by atoms with Gasteiger partial charge in [-0.3, -0.25) is 4.79 Å². The second kappa shape index (κ2) is 11.6. The van der Waals surface area contributed by atoms with E-state index in [4.69, 9.17) is 15.5 Å². The molecule has 1 aliphatic heterocycles. The number of carbonyl (C=O) groups is 1. The number of methoxy groups -OCH3 is 2. The maximum atomic E-state index is 13.1. The Morgan fingerprint density at radius 3 is 2.47 bits per heavy atom. The van der Waals surface area contributed by atoms with Crippen LogP contribution in [0.4, 0.5) is 0 Å². The molecule has 1 atom stereocenters. The second-order valence-electron chi connectivity index (χ2n) is 6.92. The van der Waals surface area contributed by atoms with E-state index in [1.807, 2.05) is 38.1 Å². The Labute approximate surface area is 187 Å². The molecule has 0 fully saturated rings. The first-order valence-corrected chi connectivity index (χ1v) is 10.4. The number of ether oxygens (including phenoxy) is 2. The summed E-state index contributed by atoms with van der Waals surface area (Å²) < 4.78 is 11.0. The first-order chi connectivity index (χ1) is 15.5. The van der Waals surface area contributed by atoms with Crippen LogP contribution in [0, 0.1) is 0 Å². The predicted molar refractivity (Wildman–Crippen MR) is 124 cm³/mol. The summed E-state index contributed by atoms with van der Waals surface area (Å²) in [5.41, 5.74) is 10.1. The Kier molecular flexibility index (Phi) is 9.22. The lowest BCUT2D eigenvalue weighted by molar-refractivity contribution is -0.115. The molecule has 3 heterocycles. The van der Waals surface area contributed by atoms with Gasteiger partial charge in [0.05, 0.1) is 30.1 Å². The van der Waals surface area contributed by atoms with E-state index in [0.717, 1.165) is 22.0 Å². The molecule has 0 saturated carbocycles. The molecular formula is C24H31N3O5. The van der Waals surface area contributed by atoms with Gasteiger partial charge >= 0.3 is 0 Å². The van der Waals surface area contributed by atoms with Crippen molar-refractivity contribution in [3.05, 3.63) is 62.9 Å². The molecule has 1 unspecified atom stereocenters. The molecule has 0 bridgehead atoms. The van der Waals surface area contributed by atoms with Gasteiger partial charge in [-0.15, -0.1) is 0 Å². The zero-order valence-corrected chi connectivity index (χ0v) is 19.2. The highest BCUT2D eigenvalue weighted by atomic mass is 16.5. The van der Waals surface area contributed by atoms with E-state index in [2.05, 4.69) is 4.74 Å². The van der Waals surface area contributed by atoms with Crippen LogP contribution in [0.15, 0.2) is 35.1 Å². The number of hydrogen-bond acceptors (Lipinski definition) is 7. The van der Waals surface area contributed by atoms with E-state index in [0.29, 0.717) is 30.8 Å². The molecule has 0 radical (unpaired) electrons. The molecule has 32 heavy (non-hydrogen) atoms. The van der Waals surface area contributed by atoms with Gasteiger partial charge in [-0.2, -0.15) is 0 Å². The van der Waals surface area contributed by atoms with Crippen LogP contribution >= 0.6 is 0 Å². The van der Waals surface area contributed by atoms with Gasteiger partial charge in [0.25, 0.3) is 5.56 Å². The number of aliphatic hydroxyl groups excluding tert-OH is 1. The van der Waals surface area contributed by atoms with Crippen molar-refractivity contribution in [2.75, 3.05) is 21.3 Å². The van der Waals surface area contributed by atoms with Crippen LogP contribution in [-0.2, 0) is 34.0 Å². The summed E-state index contributed by atoms with van der Waals surface area (Å²) in [4.78, 5) is 28.9. The molecule has 2 aromatic heterocycles. The average Bonchev–Trinajstić information content (AvgIpc) is 3.19. The number of pyridine rings is 2. The van der Waals surface area contributed by atoms with Gasteiger partial charge in [0.2, 0.25) is 0 Å². The van der Waals surface area contributed by atoms with Crippen LogP contribution in [0.1, 0.15) is 42.2 Å². The molecule has 0 saturated heterocycles. The molecule has 3 N–H and O–H groups in total. The Morgan fingerprint density at radius 2 is 1.88 bits per heavy atom. The lowest BCUT2D eigenvalue weighted by Gasteiger charge is -2.14. The molecule has 4 rings (SSSR count). The number of hydrogen-bond donors (Lipinski definition) is 2. The number of aromatic nitrogens is 2. The molecule has 0 amide bonds. The van der Waals surface area contributed by atoms with Crippen LogP contribution in [0.3, 0.4) is 0 Å². The predicted octanol–water partition coefficient (Wildman–Crippen LogP) is 2.55. The van der Waals surface area contributed by atoms with Crippen LogP contribution in [0.5, 0.6) is 0 Å². The Balaban J connectivity index is 0.000000671. The fraction of sp³-hybridized carbons (Fsp3) is 0.375. The Bertz CT molecular complexity index is 1140. The molecule has 8 heteroatoms. The first kappa shape index (κ1) is 25.4. The quantitative estimate of drug-likeness (QED) is 0.457. The average molecular weight is 442 g/mol. The van der Waals surface area contributed by atoms with Gasteiger partial charge in [0, 0.05) is 50.0 Å². The number of nitrogens with zero attached hydrogens (tertiary/aromatic N) is 2. The fourth-order valence-electron chi connectivity index (χ4n) is 3.78. The van der Waals surface area contributed by atoms with Crippen molar-refractivity contribution in [1.82, 2.24) is 9.55 Å². The van der Waals surface area contributed by atoms with Crippen molar-refractivity contribution in [3.8, 4) is 11.4 Å². The lowest BCUT2D eigenvalue weighted by atomic mass is 9.99. The molecular weight excluding hydrogens is 410 g/mol. The zero-order chi connectivity index (χ0) is 23.8. The highest BCUT2D eigenvalue weighted by molar-refractivity contribution is 5.88. The van der Waals surface area contributed by atoms with Crippen molar-refractivity contribution in [1.29, 1.82) is 0 Å². The molecule has 1 aliphatic rings. The number of rotatable bonds is 5.